The van der Waals surface area contributed by atoms with Gasteiger partial charge in [0.25, 0.3) is 10.0 Å². The molecule has 2 aromatic rings. The van der Waals surface area contributed by atoms with Crippen molar-refractivity contribution < 1.29 is 18.3 Å². The molecular weight excluding hydrogens is 342 g/mol. The predicted molar refractivity (Wildman–Crippen MR) is 80.9 cm³/mol. The highest BCUT2D eigenvalue weighted by molar-refractivity contribution is 7.94. The van der Waals surface area contributed by atoms with Crippen molar-refractivity contribution in [2.75, 3.05) is 4.72 Å². The van der Waals surface area contributed by atoms with Crippen LogP contribution in [0, 0.1) is 13.8 Å². The van der Waals surface area contributed by atoms with Crippen molar-refractivity contribution in [3.05, 3.63) is 31.8 Å². The number of hydrogen-bond donors (Lipinski definition) is 2. The summed E-state index contributed by atoms with van der Waals surface area (Å²) in [5.74, 6) is -1.17. The molecular formula is C11H10ClNO4S3. The number of aromatic carboxylic acids is 1. The maximum absolute atomic E-state index is 12.2. The number of anilines is 1. The lowest BCUT2D eigenvalue weighted by atomic mass is 10.3. The molecule has 0 aromatic carbocycles. The summed E-state index contributed by atoms with van der Waals surface area (Å²) in [6, 6.07) is 1.46. The van der Waals surface area contributed by atoms with Crippen LogP contribution >= 0.6 is 34.3 Å². The Morgan fingerprint density at radius 3 is 2.50 bits per heavy atom. The molecule has 108 valence electrons. The highest BCUT2D eigenvalue weighted by Crippen LogP contribution is 2.34. The molecule has 2 rings (SSSR count). The van der Waals surface area contributed by atoms with Gasteiger partial charge in [-0.2, -0.15) is 0 Å². The van der Waals surface area contributed by atoms with Crippen molar-refractivity contribution in [2.24, 2.45) is 0 Å². The third kappa shape index (κ3) is 2.83. The minimum absolute atomic E-state index is 0.0366. The lowest BCUT2D eigenvalue weighted by molar-refractivity contribution is 0.0703. The summed E-state index contributed by atoms with van der Waals surface area (Å²) in [4.78, 5) is 11.0. The standard InChI is InChI=1S/C11H10ClNO4S3/c1-5-3-7(19-10(5)12)20(16,17)13-8-6(2)4-18-9(8)11(14)15/h3-4,13H,1-2H3,(H,14,15). The highest BCUT2D eigenvalue weighted by Gasteiger charge is 2.23. The van der Waals surface area contributed by atoms with E-state index in [0.29, 0.717) is 15.5 Å². The van der Waals surface area contributed by atoms with Gasteiger partial charge in [-0.25, -0.2) is 13.2 Å². The normalized spacial score (nSPS) is 11.6. The number of rotatable bonds is 4. The molecule has 0 aliphatic carbocycles. The Bertz CT molecular complexity index is 756. The Kier molecular flexibility index (Phi) is 4.10. The molecule has 0 atom stereocenters. The van der Waals surface area contributed by atoms with Crippen LogP contribution in [0.5, 0.6) is 0 Å². The van der Waals surface area contributed by atoms with E-state index in [-0.39, 0.29) is 14.8 Å². The summed E-state index contributed by atoms with van der Waals surface area (Å²) in [5, 5.41) is 10.6. The van der Waals surface area contributed by atoms with Crippen molar-refractivity contribution in [1.29, 1.82) is 0 Å². The Morgan fingerprint density at radius 1 is 1.35 bits per heavy atom. The molecule has 0 amide bonds. The van der Waals surface area contributed by atoms with Crippen molar-refractivity contribution in [3.63, 3.8) is 0 Å². The predicted octanol–water partition coefficient (Wildman–Crippen LogP) is 3.58. The Labute approximate surface area is 128 Å². The Balaban J connectivity index is 2.43. The number of sulfonamides is 1. The first-order valence-corrected chi connectivity index (χ1v) is 8.88. The summed E-state index contributed by atoms with van der Waals surface area (Å²) < 4.78 is 27.3. The van der Waals surface area contributed by atoms with Crippen LogP contribution in [-0.2, 0) is 10.0 Å². The molecule has 2 heterocycles. The second kappa shape index (κ2) is 5.36. The van der Waals surface area contributed by atoms with Gasteiger partial charge in [0.15, 0.2) is 0 Å². The molecule has 0 aliphatic rings. The molecule has 5 nitrogen and oxygen atoms in total. The molecule has 2 N–H and O–H groups in total. The number of aryl methyl sites for hydroxylation is 2. The average molecular weight is 352 g/mol. The van der Waals surface area contributed by atoms with Gasteiger partial charge < -0.3 is 5.11 Å². The lowest BCUT2D eigenvalue weighted by Crippen LogP contribution is -2.13. The molecule has 0 aliphatic heterocycles. The number of carbonyl (C=O) groups is 1. The van der Waals surface area contributed by atoms with Gasteiger partial charge >= 0.3 is 5.97 Å². The van der Waals surface area contributed by atoms with Gasteiger partial charge in [0.05, 0.1) is 10.0 Å². The fraction of sp³-hybridized carbons (Fsp3) is 0.182. The second-order valence-corrected chi connectivity index (χ2v) is 8.50. The van der Waals surface area contributed by atoms with E-state index in [1.54, 1.807) is 19.2 Å². The summed E-state index contributed by atoms with van der Waals surface area (Å²) in [7, 11) is -3.84. The van der Waals surface area contributed by atoms with E-state index in [9.17, 15) is 13.2 Å². The van der Waals surface area contributed by atoms with E-state index in [1.807, 2.05) is 0 Å². The van der Waals surface area contributed by atoms with E-state index < -0.39 is 16.0 Å². The maximum Gasteiger partial charge on any atom is 0.348 e. The molecule has 9 heteroatoms. The van der Waals surface area contributed by atoms with Crippen molar-refractivity contribution in [2.45, 2.75) is 18.1 Å². The molecule has 2 aromatic heterocycles. The number of thiophene rings is 2. The second-order valence-electron chi connectivity index (χ2n) is 4.06. The van der Waals surface area contributed by atoms with Crippen LogP contribution in [0.15, 0.2) is 15.7 Å². The third-order valence-electron chi connectivity index (χ3n) is 2.51. The zero-order valence-electron chi connectivity index (χ0n) is 10.4. The van der Waals surface area contributed by atoms with Crippen LogP contribution in [-0.4, -0.2) is 19.5 Å². The molecule has 0 unspecified atom stereocenters. The molecule has 20 heavy (non-hydrogen) atoms. The summed E-state index contributed by atoms with van der Waals surface area (Å²) in [6.07, 6.45) is 0. The molecule has 0 radical (unpaired) electrons. The van der Waals surface area contributed by atoms with E-state index in [0.717, 1.165) is 22.7 Å². The summed E-state index contributed by atoms with van der Waals surface area (Å²) in [5.41, 5.74) is 1.33. The fourth-order valence-corrected chi connectivity index (χ4v) is 5.24. The first-order valence-electron chi connectivity index (χ1n) is 5.32. The van der Waals surface area contributed by atoms with Gasteiger partial charge in [0.2, 0.25) is 0 Å². The first-order chi connectivity index (χ1) is 9.22. The SMILES string of the molecule is Cc1cc(S(=O)(=O)Nc2c(C)csc2C(=O)O)sc1Cl. The van der Waals surface area contributed by atoms with Crippen molar-refractivity contribution >= 4 is 56.0 Å². The van der Waals surface area contributed by atoms with Gasteiger partial charge in [-0.15, -0.1) is 22.7 Å². The molecule has 0 saturated heterocycles. The molecule has 0 spiro atoms. The number of carboxylic acid groups (broad SMARTS) is 1. The summed E-state index contributed by atoms with van der Waals surface area (Å²) in [6.45, 7) is 3.35. The fourth-order valence-electron chi connectivity index (χ4n) is 1.48. The smallest absolute Gasteiger partial charge is 0.348 e. The van der Waals surface area contributed by atoms with E-state index in [2.05, 4.69) is 4.72 Å². The van der Waals surface area contributed by atoms with Crippen LogP contribution in [0.4, 0.5) is 5.69 Å². The van der Waals surface area contributed by atoms with Crippen molar-refractivity contribution in [3.8, 4) is 0 Å². The van der Waals surface area contributed by atoms with Gasteiger partial charge in [-0.1, -0.05) is 11.6 Å². The number of nitrogens with one attached hydrogen (secondary N) is 1. The van der Waals surface area contributed by atoms with Crippen LogP contribution in [0.1, 0.15) is 20.8 Å². The lowest BCUT2D eigenvalue weighted by Gasteiger charge is -2.07. The highest BCUT2D eigenvalue weighted by atomic mass is 35.5. The monoisotopic (exact) mass is 351 g/mol. The molecule has 0 bridgehead atoms. The molecule has 0 fully saturated rings. The van der Waals surface area contributed by atoms with Gasteiger partial charge in [0, 0.05) is 0 Å². The van der Waals surface area contributed by atoms with Crippen LogP contribution in [0.25, 0.3) is 0 Å². The topological polar surface area (TPSA) is 83.5 Å². The quantitative estimate of drug-likeness (QED) is 0.881. The van der Waals surface area contributed by atoms with E-state index in [1.165, 1.54) is 6.07 Å². The van der Waals surface area contributed by atoms with Gasteiger partial charge in [-0.3, -0.25) is 4.72 Å². The Hall–Kier alpha value is -1.09. The number of carboxylic acids is 1. The molecule has 0 saturated carbocycles. The zero-order valence-corrected chi connectivity index (χ0v) is 13.6. The van der Waals surface area contributed by atoms with Crippen molar-refractivity contribution in [1.82, 2.24) is 0 Å². The van der Waals surface area contributed by atoms with Gasteiger partial charge in [-0.05, 0) is 36.4 Å². The number of hydrogen-bond acceptors (Lipinski definition) is 5. The zero-order chi connectivity index (χ0) is 15.1. The van der Waals surface area contributed by atoms with Gasteiger partial charge in [0.1, 0.15) is 9.09 Å². The van der Waals surface area contributed by atoms with E-state index >= 15 is 0 Å². The third-order valence-corrected chi connectivity index (χ3v) is 6.97. The van der Waals surface area contributed by atoms with E-state index in [4.69, 9.17) is 16.7 Å². The average Bonchev–Trinajstić information content (AvgIpc) is 2.85. The first kappa shape index (κ1) is 15.3. The maximum atomic E-state index is 12.2. The summed E-state index contributed by atoms with van der Waals surface area (Å²) >= 11 is 7.78. The van der Waals surface area contributed by atoms with Crippen LogP contribution in [0.3, 0.4) is 0 Å². The van der Waals surface area contributed by atoms with Crippen LogP contribution < -0.4 is 4.72 Å². The Morgan fingerprint density at radius 2 is 2.00 bits per heavy atom. The largest absolute Gasteiger partial charge is 0.477 e. The number of halogens is 1. The van der Waals surface area contributed by atoms with Crippen LogP contribution in [0.2, 0.25) is 4.34 Å². The minimum Gasteiger partial charge on any atom is -0.477 e. The minimum atomic E-state index is -3.84.